The van der Waals surface area contributed by atoms with Crippen molar-refractivity contribution in [2.24, 2.45) is 0 Å². The van der Waals surface area contributed by atoms with E-state index in [-0.39, 0.29) is 18.3 Å². The first-order valence-electron chi connectivity index (χ1n) is 6.38. The van der Waals surface area contributed by atoms with E-state index in [2.05, 4.69) is 4.90 Å². The zero-order valence-electron chi connectivity index (χ0n) is 10.3. The van der Waals surface area contributed by atoms with Crippen LogP contribution in [0, 0.1) is 5.82 Å². The smallest absolute Gasteiger partial charge is 0.305 e. The molecule has 0 aromatic heterocycles. The van der Waals surface area contributed by atoms with Crippen molar-refractivity contribution in [2.45, 2.75) is 31.7 Å². The van der Waals surface area contributed by atoms with Crippen molar-refractivity contribution in [1.82, 2.24) is 4.90 Å². The quantitative estimate of drug-likeness (QED) is 0.894. The van der Waals surface area contributed by atoms with Gasteiger partial charge in [0.25, 0.3) is 0 Å². The Balaban J connectivity index is 2.17. The first-order chi connectivity index (χ1) is 8.66. The van der Waals surface area contributed by atoms with Crippen LogP contribution < -0.4 is 0 Å². The largest absolute Gasteiger partial charge is 0.481 e. The van der Waals surface area contributed by atoms with Crippen molar-refractivity contribution < 1.29 is 14.3 Å². The van der Waals surface area contributed by atoms with Crippen LogP contribution in [0.3, 0.4) is 0 Å². The Bertz CT molecular complexity index is 399. The Labute approximate surface area is 106 Å². The van der Waals surface area contributed by atoms with Gasteiger partial charge in [0.1, 0.15) is 5.82 Å². The zero-order chi connectivity index (χ0) is 13.0. The molecule has 0 radical (unpaired) electrons. The van der Waals surface area contributed by atoms with Gasteiger partial charge < -0.3 is 5.11 Å². The van der Waals surface area contributed by atoms with Crippen LogP contribution in [0.4, 0.5) is 4.39 Å². The van der Waals surface area contributed by atoms with Gasteiger partial charge in [-0.15, -0.1) is 0 Å². The highest BCUT2D eigenvalue weighted by atomic mass is 19.1. The van der Waals surface area contributed by atoms with Crippen LogP contribution in [0.2, 0.25) is 0 Å². The molecule has 1 fully saturated rings. The van der Waals surface area contributed by atoms with E-state index in [0.717, 1.165) is 31.5 Å². The van der Waals surface area contributed by atoms with E-state index in [1.807, 2.05) is 0 Å². The molecule has 4 heteroatoms. The molecule has 1 aliphatic rings. The van der Waals surface area contributed by atoms with Crippen LogP contribution in [0.1, 0.15) is 37.3 Å². The Kier molecular flexibility index (Phi) is 4.31. The van der Waals surface area contributed by atoms with Gasteiger partial charge in [-0.25, -0.2) is 4.39 Å². The van der Waals surface area contributed by atoms with Crippen LogP contribution >= 0.6 is 0 Å². The number of piperidine rings is 1. The molecule has 0 aliphatic carbocycles. The number of benzene rings is 1. The lowest BCUT2D eigenvalue weighted by Crippen LogP contribution is -2.34. The van der Waals surface area contributed by atoms with Crippen molar-refractivity contribution in [2.75, 3.05) is 13.1 Å². The third-order valence-electron chi connectivity index (χ3n) is 3.45. The normalized spacial score (nSPS) is 18.5. The fraction of sp³-hybridized carbons (Fsp3) is 0.500. The van der Waals surface area contributed by atoms with Crippen molar-refractivity contribution in [3.8, 4) is 0 Å². The number of carbonyl (C=O) groups is 1. The molecular formula is C14H18FNO2. The van der Waals surface area contributed by atoms with Gasteiger partial charge in [0.15, 0.2) is 0 Å². The lowest BCUT2D eigenvalue weighted by atomic mass is 9.99. The standard InChI is InChI=1S/C14H18FNO2/c15-12-6-4-11(5-7-12)13(10-14(17)18)16-8-2-1-3-9-16/h4-7,13H,1-3,8-10H2,(H,17,18)/t13-/m1/s1. The topological polar surface area (TPSA) is 40.5 Å². The third-order valence-corrected chi connectivity index (χ3v) is 3.45. The van der Waals surface area contributed by atoms with Crippen LogP contribution in [0.15, 0.2) is 24.3 Å². The number of carboxylic acids is 1. The van der Waals surface area contributed by atoms with E-state index in [1.54, 1.807) is 12.1 Å². The molecule has 3 nitrogen and oxygen atoms in total. The summed E-state index contributed by atoms with van der Waals surface area (Å²) < 4.78 is 12.9. The molecule has 0 bridgehead atoms. The van der Waals surface area contributed by atoms with Crippen molar-refractivity contribution in [3.63, 3.8) is 0 Å². The molecule has 0 spiro atoms. The van der Waals surface area contributed by atoms with Gasteiger partial charge in [0.2, 0.25) is 0 Å². The first kappa shape index (κ1) is 13.0. The van der Waals surface area contributed by atoms with Gasteiger partial charge in [-0.1, -0.05) is 18.6 Å². The molecule has 1 saturated heterocycles. The highest BCUT2D eigenvalue weighted by Crippen LogP contribution is 2.27. The van der Waals surface area contributed by atoms with E-state index in [0.29, 0.717) is 0 Å². The van der Waals surface area contributed by atoms with Crippen LogP contribution in [-0.4, -0.2) is 29.1 Å². The van der Waals surface area contributed by atoms with E-state index in [9.17, 15) is 9.18 Å². The fourth-order valence-corrected chi connectivity index (χ4v) is 2.54. The predicted molar refractivity (Wildman–Crippen MR) is 66.8 cm³/mol. The molecule has 1 heterocycles. The number of aliphatic carboxylic acids is 1. The zero-order valence-corrected chi connectivity index (χ0v) is 10.3. The summed E-state index contributed by atoms with van der Waals surface area (Å²) in [5.41, 5.74) is 0.890. The van der Waals surface area contributed by atoms with Crippen molar-refractivity contribution >= 4 is 5.97 Å². The summed E-state index contributed by atoms with van der Waals surface area (Å²) in [6, 6.07) is 6.04. The van der Waals surface area contributed by atoms with Gasteiger partial charge in [-0.05, 0) is 43.6 Å². The lowest BCUT2D eigenvalue weighted by molar-refractivity contribution is -0.138. The van der Waals surface area contributed by atoms with Gasteiger partial charge in [-0.2, -0.15) is 0 Å². The molecule has 1 N–H and O–H groups in total. The van der Waals surface area contributed by atoms with E-state index < -0.39 is 5.97 Å². The Morgan fingerprint density at radius 1 is 1.22 bits per heavy atom. The molecule has 18 heavy (non-hydrogen) atoms. The lowest BCUT2D eigenvalue weighted by Gasteiger charge is -2.34. The minimum absolute atomic E-state index is 0.0750. The summed E-state index contributed by atoms with van der Waals surface area (Å²) >= 11 is 0. The Morgan fingerprint density at radius 2 is 1.83 bits per heavy atom. The highest BCUT2D eigenvalue weighted by Gasteiger charge is 2.24. The number of carboxylic acid groups (broad SMARTS) is 1. The minimum Gasteiger partial charge on any atom is -0.481 e. The Morgan fingerprint density at radius 3 is 2.39 bits per heavy atom. The molecule has 2 rings (SSSR count). The van der Waals surface area contributed by atoms with Gasteiger partial charge in [0.05, 0.1) is 6.42 Å². The number of rotatable bonds is 4. The summed E-state index contributed by atoms with van der Waals surface area (Å²) in [4.78, 5) is 13.2. The maximum Gasteiger partial charge on any atom is 0.305 e. The van der Waals surface area contributed by atoms with Gasteiger partial charge in [-0.3, -0.25) is 9.69 Å². The van der Waals surface area contributed by atoms with E-state index in [4.69, 9.17) is 5.11 Å². The third kappa shape index (κ3) is 3.29. The number of likely N-dealkylation sites (tertiary alicyclic amines) is 1. The SMILES string of the molecule is O=C(O)C[C@H](c1ccc(F)cc1)N1CCCCC1. The predicted octanol–water partition coefficient (Wildman–Crippen LogP) is 2.83. The fourth-order valence-electron chi connectivity index (χ4n) is 2.54. The van der Waals surface area contributed by atoms with Crippen molar-refractivity contribution in [1.29, 1.82) is 0 Å². The van der Waals surface area contributed by atoms with Crippen LogP contribution in [-0.2, 0) is 4.79 Å². The molecule has 0 unspecified atom stereocenters. The van der Waals surface area contributed by atoms with Crippen LogP contribution in [0.25, 0.3) is 0 Å². The minimum atomic E-state index is -0.810. The molecule has 0 saturated carbocycles. The number of hydrogen-bond donors (Lipinski definition) is 1. The molecule has 1 aromatic carbocycles. The number of nitrogens with zero attached hydrogens (tertiary/aromatic N) is 1. The summed E-state index contributed by atoms with van der Waals surface area (Å²) in [6.07, 6.45) is 3.50. The second kappa shape index (κ2) is 5.96. The maximum absolute atomic E-state index is 12.9. The summed E-state index contributed by atoms with van der Waals surface area (Å²) in [5, 5.41) is 9.03. The number of hydrogen-bond acceptors (Lipinski definition) is 2. The first-order valence-corrected chi connectivity index (χ1v) is 6.38. The molecule has 1 aliphatic heterocycles. The molecule has 0 amide bonds. The highest BCUT2D eigenvalue weighted by molar-refractivity contribution is 5.68. The summed E-state index contributed by atoms with van der Waals surface area (Å²) in [5.74, 6) is -1.10. The summed E-state index contributed by atoms with van der Waals surface area (Å²) in [6.45, 7) is 1.85. The van der Waals surface area contributed by atoms with E-state index in [1.165, 1.54) is 18.6 Å². The molecular weight excluding hydrogens is 233 g/mol. The molecule has 1 atom stereocenters. The van der Waals surface area contributed by atoms with Gasteiger partial charge >= 0.3 is 5.97 Å². The number of halogens is 1. The second-order valence-corrected chi connectivity index (χ2v) is 4.76. The van der Waals surface area contributed by atoms with Crippen LogP contribution in [0.5, 0.6) is 0 Å². The van der Waals surface area contributed by atoms with Crippen molar-refractivity contribution in [3.05, 3.63) is 35.6 Å². The monoisotopic (exact) mass is 251 g/mol. The average Bonchev–Trinajstić information content (AvgIpc) is 2.38. The summed E-state index contributed by atoms with van der Waals surface area (Å²) in [7, 11) is 0. The maximum atomic E-state index is 12.9. The second-order valence-electron chi connectivity index (χ2n) is 4.76. The van der Waals surface area contributed by atoms with Gasteiger partial charge in [0, 0.05) is 6.04 Å². The molecule has 98 valence electrons. The van der Waals surface area contributed by atoms with E-state index >= 15 is 0 Å². The Hall–Kier alpha value is -1.42. The molecule has 1 aromatic rings. The average molecular weight is 251 g/mol.